The minimum atomic E-state index is -0.677. The first-order chi connectivity index (χ1) is 13.2. The number of fused-ring (bicyclic) bond motifs is 1. The van der Waals surface area contributed by atoms with Gasteiger partial charge in [0.25, 0.3) is 5.91 Å². The van der Waals surface area contributed by atoms with Gasteiger partial charge in [0.05, 0.1) is 6.54 Å². The summed E-state index contributed by atoms with van der Waals surface area (Å²) in [6.45, 7) is 1.08. The lowest BCUT2D eigenvalue weighted by atomic mass is 10.2. The van der Waals surface area contributed by atoms with Gasteiger partial charge in [-0.1, -0.05) is 42.5 Å². The Bertz CT molecular complexity index is 923. The number of imidazole rings is 1. The van der Waals surface area contributed by atoms with Gasteiger partial charge in [0.2, 0.25) is 6.10 Å². The number of benzene rings is 2. The van der Waals surface area contributed by atoms with Gasteiger partial charge >= 0.3 is 0 Å². The molecule has 0 aliphatic carbocycles. The van der Waals surface area contributed by atoms with Gasteiger partial charge < -0.3 is 18.9 Å². The van der Waals surface area contributed by atoms with Crippen molar-refractivity contribution < 1.29 is 14.3 Å². The third kappa shape index (κ3) is 3.79. The molecule has 1 aliphatic rings. The summed E-state index contributed by atoms with van der Waals surface area (Å²) in [5.41, 5.74) is 1.05. The van der Waals surface area contributed by atoms with E-state index in [-0.39, 0.29) is 12.5 Å². The summed E-state index contributed by atoms with van der Waals surface area (Å²) in [5.74, 6) is 1.96. The van der Waals surface area contributed by atoms with Crippen molar-refractivity contribution in [2.24, 2.45) is 7.05 Å². The molecule has 0 unspecified atom stereocenters. The largest absolute Gasteiger partial charge is 0.485 e. The minimum absolute atomic E-state index is 0.114. The molecule has 1 atom stereocenters. The number of hydrogen-bond donors (Lipinski definition) is 0. The lowest BCUT2D eigenvalue weighted by Gasteiger charge is -2.30. The van der Waals surface area contributed by atoms with Crippen LogP contribution in [-0.2, 0) is 24.9 Å². The predicted molar refractivity (Wildman–Crippen MR) is 100 cm³/mol. The third-order valence-electron chi connectivity index (χ3n) is 4.57. The summed E-state index contributed by atoms with van der Waals surface area (Å²) in [5, 5.41) is 0. The van der Waals surface area contributed by atoms with E-state index >= 15 is 0 Å². The van der Waals surface area contributed by atoms with E-state index in [0.29, 0.717) is 24.6 Å². The third-order valence-corrected chi connectivity index (χ3v) is 4.57. The van der Waals surface area contributed by atoms with Crippen LogP contribution in [0.25, 0.3) is 0 Å². The van der Waals surface area contributed by atoms with E-state index in [2.05, 4.69) is 4.98 Å². The molecule has 27 heavy (non-hydrogen) atoms. The Hall–Kier alpha value is -3.28. The molecule has 3 aromatic rings. The molecule has 138 valence electrons. The zero-order valence-corrected chi connectivity index (χ0v) is 15.1. The van der Waals surface area contributed by atoms with Gasteiger partial charge in [0.1, 0.15) is 12.4 Å². The molecule has 6 heteroatoms. The van der Waals surface area contributed by atoms with E-state index in [9.17, 15) is 4.79 Å². The molecule has 1 aromatic heterocycles. The maximum absolute atomic E-state index is 13.2. The van der Waals surface area contributed by atoms with E-state index < -0.39 is 6.10 Å². The van der Waals surface area contributed by atoms with Gasteiger partial charge in [0.15, 0.2) is 11.5 Å². The van der Waals surface area contributed by atoms with Crippen molar-refractivity contribution in [1.29, 1.82) is 0 Å². The van der Waals surface area contributed by atoms with E-state index in [1.54, 1.807) is 11.1 Å². The van der Waals surface area contributed by atoms with Gasteiger partial charge in [-0.2, -0.15) is 0 Å². The van der Waals surface area contributed by atoms with Crippen LogP contribution in [0.2, 0.25) is 0 Å². The highest BCUT2D eigenvalue weighted by Crippen LogP contribution is 2.31. The highest BCUT2D eigenvalue weighted by Gasteiger charge is 2.31. The van der Waals surface area contributed by atoms with Crippen LogP contribution in [0.15, 0.2) is 67.0 Å². The van der Waals surface area contributed by atoms with E-state index in [1.165, 1.54) is 0 Å². The summed E-state index contributed by atoms with van der Waals surface area (Å²) >= 11 is 0. The molecule has 0 N–H and O–H groups in total. The maximum atomic E-state index is 13.2. The summed E-state index contributed by atoms with van der Waals surface area (Å²) in [6, 6.07) is 17.3. The molecule has 6 nitrogen and oxygen atoms in total. The van der Waals surface area contributed by atoms with E-state index in [4.69, 9.17) is 9.47 Å². The zero-order valence-electron chi connectivity index (χ0n) is 15.1. The number of carbonyl (C=O) groups is 1. The zero-order chi connectivity index (χ0) is 18.6. The second kappa shape index (κ2) is 7.53. The second-order valence-corrected chi connectivity index (χ2v) is 6.50. The molecule has 1 aliphatic heterocycles. The van der Waals surface area contributed by atoms with Crippen LogP contribution in [0.4, 0.5) is 0 Å². The fourth-order valence-electron chi connectivity index (χ4n) is 3.08. The number of para-hydroxylation sites is 2. The number of amides is 1. The molecule has 0 fully saturated rings. The topological polar surface area (TPSA) is 56.6 Å². The van der Waals surface area contributed by atoms with Crippen LogP contribution in [0.3, 0.4) is 0 Å². The standard InChI is InChI=1S/C21H21N3O3/c1-23-12-11-22-20(23)14-24(13-16-7-3-2-4-8-16)21(25)19-15-26-17-9-5-6-10-18(17)27-19/h2-12,19H,13-15H2,1H3/t19-/m1/s1. The van der Waals surface area contributed by atoms with Gasteiger partial charge in [-0.05, 0) is 17.7 Å². The molecular weight excluding hydrogens is 342 g/mol. The Morgan fingerprint density at radius 1 is 1.11 bits per heavy atom. The fraction of sp³-hybridized carbons (Fsp3) is 0.238. The first-order valence-electron chi connectivity index (χ1n) is 8.88. The summed E-state index contributed by atoms with van der Waals surface area (Å²) in [6.07, 6.45) is 2.93. The van der Waals surface area contributed by atoms with E-state index in [0.717, 1.165) is 11.4 Å². The van der Waals surface area contributed by atoms with Gasteiger partial charge in [0, 0.05) is 26.0 Å². The summed E-state index contributed by atoms with van der Waals surface area (Å²) in [7, 11) is 1.92. The molecular formula is C21H21N3O3. The molecule has 2 aromatic carbocycles. The first-order valence-corrected chi connectivity index (χ1v) is 8.88. The highest BCUT2D eigenvalue weighted by molar-refractivity contribution is 5.82. The molecule has 1 amide bonds. The molecule has 0 spiro atoms. The van der Waals surface area contributed by atoms with Crippen molar-refractivity contribution in [3.63, 3.8) is 0 Å². The quantitative estimate of drug-likeness (QED) is 0.699. The lowest BCUT2D eigenvalue weighted by Crippen LogP contribution is -2.46. The van der Waals surface area contributed by atoms with Crippen LogP contribution in [0, 0.1) is 0 Å². The van der Waals surface area contributed by atoms with E-state index in [1.807, 2.05) is 72.4 Å². The van der Waals surface area contributed by atoms with Gasteiger partial charge in [-0.25, -0.2) is 4.98 Å². The number of nitrogens with zero attached hydrogens (tertiary/aromatic N) is 3. The number of aryl methyl sites for hydroxylation is 1. The number of aromatic nitrogens is 2. The molecule has 0 bridgehead atoms. The van der Waals surface area contributed by atoms with Crippen LogP contribution in [0.5, 0.6) is 11.5 Å². The lowest BCUT2D eigenvalue weighted by molar-refractivity contribution is -0.142. The highest BCUT2D eigenvalue weighted by atomic mass is 16.6. The smallest absolute Gasteiger partial charge is 0.267 e. The Labute approximate surface area is 158 Å². The summed E-state index contributed by atoms with van der Waals surface area (Å²) in [4.78, 5) is 19.4. The van der Waals surface area contributed by atoms with Gasteiger partial charge in [-0.15, -0.1) is 0 Å². The van der Waals surface area contributed by atoms with Crippen molar-refractivity contribution in [2.75, 3.05) is 6.61 Å². The Balaban J connectivity index is 1.56. The van der Waals surface area contributed by atoms with Crippen molar-refractivity contribution in [3.05, 3.63) is 78.4 Å². The number of carbonyl (C=O) groups excluding carboxylic acids is 1. The van der Waals surface area contributed by atoms with Crippen molar-refractivity contribution in [3.8, 4) is 11.5 Å². The van der Waals surface area contributed by atoms with Crippen LogP contribution >= 0.6 is 0 Å². The molecule has 2 heterocycles. The van der Waals surface area contributed by atoms with Crippen LogP contribution < -0.4 is 9.47 Å². The first kappa shape index (κ1) is 17.1. The van der Waals surface area contributed by atoms with Crippen molar-refractivity contribution >= 4 is 5.91 Å². The Morgan fingerprint density at radius 2 is 1.85 bits per heavy atom. The van der Waals surface area contributed by atoms with Crippen molar-refractivity contribution in [2.45, 2.75) is 19.2 Å². The average molecular weight is 363 g/mol. The van der Waals surface area contributed by atoms with Crippen LogP contribution in [0.1, 0.15) is 11.4 Å². The molecule has 0 radical (unpaired) electrons. The predicted octanol–water partition coefficient (Wildman–Crippen LogP) is 2.79. The summed E-state index contributed by atoms with van der Waals surface area (Å²) < 4.78 is 13.6. The molecule has 0 saturated heterocycles. The fourth-order valence-corrected chi connectivity index (χ4v) is 3.08. The number of hydrogen-bond acceptors (Lipinski definition) is 4. The number of rotatable bonds is 5. The van der Waals surface area contributed by atoms with Crippen LogP contribution in [-0.4, -0.2) is 33.1 Å². The van der Waals surface area contributed by atoms with Gasteiger partial charge in [-0.3, -0.25) is 4.79 Å². The molecule has 0 saturated carbocycles. The maximum Gasteiger partial charge on any atom is 0.267 e. The minimum Gasteiger partial charge on any atom is -0.485 e. The number of ether oxygens (including phenoxy) is 2. The Morgan fingerprint density at radius 3 is 2.59 bits per heavy atom. The average Bonchev–Trinajstić information content (AvgIpc) is 3.12. The monoisotopic (exact) mass is 363 g/mol. The molecule has 4 rings (SSSR count). The second-order valence-electron chi connectivity index (χ2n) is 6.50. The SMILES string of the molecule is Cn1ccnc1CN(Cc1ccccc1)C(=O)[C@H]1COc2ccccc2O1. The normalized spacial score (nSPS) is 15.4. The Kier molecular flexibility index (Phi) is 4.78. The van der Waals surface area contributed by atoms with Crippen molar-refractivity contribution in [1.82, 2.24) is 14.5 Å².